The number of imidazole rings is 6. The SMILES string of the molecule is C#CCn1cnc2c(Cl)nc(SCCCC)nc21.C#CCn1cnc2c(SCCCC)nc(Cl)nc21.C#CCn1cnc2c(SCCCC)nc(F)nc21.C#CCn1cnc2nc(Cl)nc(SCCCC)c21.C#CCn1cnc2nc(F)nc(SCCCC)c21.C#CCn1cnc2nc(SCCCC)nc(Cl)c21. The smallest absolute Gasteiger partial charge is 0.311 e. The molecule has 0 N–H and O–H groups in total. The van der Waals surface area contributed by atoms with Crippen LogP contribution in [0.2, 0.25) is 20.9 Å². The van der Waals surface area contributed by atoms with E-state index >= 15 is 0 Å². The van der Waals surface area contributed by atoms with Crippen LogP contribution in [0.1, 0.15) is 119 Å². The van der Waals surface area contributed by atoms with Crippen LogP contribution in [-0.4, -0.2) is 152 Å². The number of hydrogen-bond donors (Lipinski definition) is 0. The zero-order chi connectivity index (χ0) is 77.7. The van der Waals surface area contributed by atoms with Crippen molar-refractivity contribution in [3.05, 3.63) is 71.0 Å². The fourth-order valence-corrected chi connectivity index (χ4v) is 16.3. The number of unbranched alkanes of at least 4 members (excludes halogenated alkanes) is 6. The van der Waals surface area contributed by atoms with Gasteiger partial charge in [0.05, 0.1) is 77.2 Å². The van der Waals surface area contributed by atoms with E-state index in [0.717, 1.165) is 138 Å². The summed E-state index contributed by atoms with van der Waals surface area (Å²) < 4.78 is 37.3. The van der Waals surface area contributed by atoms with Gasteiger partial charge in [0.2, 0.25) is 10.6 Å². The number of aromatic nitrogens is 24. The molecule has 12 aromatic rings. The van der Waals surface area contributed by atoms with Crippen LogP contribution in [-0.2, 0) is 39.3 Å². The number of hydrogen-bond acceptors (Lipinski definition) is 24. The molecule has 0 saturated carbocycles. The van der Waals surface area contributed by atoms with Gasteiger partial charge in [-0.3, -0.25) is 0 Å². The van der Waals surface area contributed by atoms with Gasteiger partial charge in [-0.1, -0.05) is 162 Å². The maximum absolute atomic E-state index is 13.4. The van der Waals surface area contributed by atoms with Crippen molar-refractivity contribution in [2.75, 3.05) is 34.5 Å². The molecule has 0 saturated heterocycles. The van der Waals surface area contributed by atoms with Crippen molar-refractivity contribution in [2.45, 2.75) is 188 Å². The van der Waals surface area contributed by atoms with Crippen LogP contribution in [0.5, 0.6) is 0 Å². The summed E-state index contributed by atoms with van der Waals surface area (Å²) >= 11 is 33.6. The molecule has 0 spiro atoms. The van der Waals surface area contributed by atoms with Crippen LogP contribution in [0.3, 0.4) is 0 Å². The number of halogens is 6. The second kappa shape index (κ2) is 47.0. The summed E-state index contributed by atoms with van der Waals surface area (Å²) in [5, 5.41) is 5.49. The lowest BCUT2D eigenvalue weighted by Gasteiger charge is -2.05. The molecule has 0 atom stereocenters. The predicted octanol–water partition coefficient (Wildman–Crippen LogP) is 17.0. The van der Waals surface area contributed by atoms with Crippen molar-refractivity contribution in [3.63, 3.8) is 0 Å². The van der Waals surface area contributed by atoms with Crippen molar-refractivity contribution in [1.29, 1.82) is 0 Å². The molecule has 564 valence electrons. The van der Waals surface area contributed by atoms with Crippen LogP contribution >= 0.6 is 117 Å². The summed E-state index contributed by atoms with van der Waals surface area (Å²) in [5.41, 5.74) is 7.71. The van der Waals surface area contributed by atoms with Crippen molar-refractivity contribution in [2.24, 2.45) is 0 Å². The molecule has 0 bridgehead atoms. The van der Waals surface area contributed by atoms with Gasteiger partial charge in [-0.25, -0.2) is 59.8 Å². The molecule has 0 radical (unpaired) electrons. The number of rotatable bonds is 30. The fourth-order valence-electron chi connectivity index (χ4n) is 9.13. The van der Waals surface area contributed by atoms with E-state index in [4.69, 9.17) is 84.9 Å². The largest absolute Gasteiger partial charge is 0.315 e. The predicted molar refractivity (Wildman–Crippen MR) is 439 cm³/mol. The first-order valence-corrected chi connectivity index (χ1v) is 41.7. The van der Waals surface area contributed by atoms with E-state index in [0.29, 0.717) is 120 Å². The van der Waals surface area contributed by atoms with E-state index in [1.807, 2.05) is 4.57 Å². The first-order chi connectivity index (χ1) is 52.5. The molecule has 36 heteroatoms. The zero-order valence-corrected chi connectivity index (χ0v) is 68.3. The van der Waals surface area contributed by atoms with Gasteiger partial charge in [0.1, 0.15) is 53.2 Å². The minimum absolute atomic E-state index is 0.229. The van der Waals surface area contributed by atoms with Crippen molar-refractivity contribution < 1.29 is 8.78 Å². The number of nitrogens with zero attached hydrogens (tertiary/aromatic N) is 24. The van der Waals surface area contributed by atoms with Crippen molar-refractivity contribution in [3.8, 4) is 74.1 Å². The maximum atomic E-state index is 13.4. The third-order valence-corrected chi connectivity index (χ3v) is 21.4. The fraction of sp³-hybridized carbons (Fsp3) is 0.417. The molecular formula is C72H78Cl4F2N24S6. The van der Waals surface area contributed by atoms with E-state index < -0.39 is 12.2 Å². The monoisotopic (exact) mass is 1650 g/mol. The number of terminal acetylenes is 6. The lowest BCUT2D eigenvalue weighted by molar-refractivity contribution is 0.531. The summed E-state index contributed by atoms with van der Waals surface area (Å²) in [6.45, 7) is 15.3. The lowest BCUT2D eigenvalue weighted by Crippen LogP contribution is -1.99. The van der Waals surface area contributed by atoms with E-state index in [9.17, 15) is 8.78 Å². The Hall–Kier alpha value is -8.22. The van der Waals surface area contributed by atoms with Gasteiger partial charge in [0.25, 0.3) is 0 Å². The summed E-state index contributed by atoms with van der Waals surface area (Å²) in [6, 6.07) is 0. The minimum Gasteiger partial charge on any atom is -0.315 e. The van der Waals surface area contributed by atoms with Crippen LogP contribution in [0.4, 0.5) is 8.78 Å². The average molecular weight is 1650 g/mol. The first kappa shape index (κ1) is 87.0. The second-order valence-corrected chi connectivity index (χ2v) is 30.3. The Morgan fingerprint density at radius 1 is 0.315 bits per heavy atom. The average Bonchev–Trinajstić information content (AvgIpc) is 1.56. The zero-order valence-electron chi connectivity index (χ0n) is 60.3. The molecule has 0 aromatic carbocycles. The molecule has 12 rings (SSSR count). The van der Waals surface area contributed by atoms with Crippen molar-refractivity contribution >= 4 is 184 Å². The quantitative estimate of drug-likeness (QED) is 0.0133. The Bertz CT molecular complexity index is 4940. The van der Waals surface area contributed by atoms with Gasteiger partial charge in [0.15, 0.2) is 54.5 Å². The normalized spacial score (nSPS) is 10.7. The number of fused-ring (bicyclic) bond motifs is 6. The van der Waals surface area contributed by atoms with E-state index in [1.54, 1.807) is 108 Å². The van der Waals surface area contributed by atoms with Gasteiger partial charge in [-0.15, -0.1) is 85.6 Å². The van der Waals surface area contributed by atoms with E-state index in [2.05, 4.69) is 167 Å². The summed E-state index contributed by atoms with van der Waals surface area (Å²) in [4.78, 5) is 74.4. The van der Waals surface area contributed by atoms with Gasteiger partial charge in [-0.05, 0) is 84.7 Å². The molecule has 24 nitrogen and oxygen atoms in total. The molecule has 0 aliphatic rings. The van der Waals surface area contributed by atoms with E-state index in [1.165, 1.54) is 23.5 Å². The Balaban J connectivity index is 0.000000180. The molecule has 0 amide bonds. The molecule has 0 unspecified atom stereocenters. The van der Waals surface area contributed by atoms with Gasteiger partial charge >= 0.3 is 12.2 Å². The van der Waals surface area contributed by atoms with Crippen LogP contribution in [0, 0.1) is 86.2 Å². The highest BCUT2D eigenvalue weighted by atomic mass is 35.5. The lowest BCUT2D eigenvalue weighted by atomic mass is 10.4. The molecule has 0 aliphatic heterocycles. The second-order valence-electron chi connectivity index (χ2n) is 22.5. The standard InChI is InChI=1S/4C12H13ClN4S.2C12H13FN4S/c1-3-5-7-18-11-9-10(15-12(13)16-11)14-8-17(9)6-4-2;1-3-5-7-18-11-9-10(15-12(13)16-11)17(6-4-2)8-14-9;1-3-5-7-18-12-15-10(13)9-11(16-12)14-8-17(9)6-4-2;1-3-5-7-18-12-15-10(13)9-11(16-12)17(6-4-2)8-14-9;1-3-5-7-18-11-9-10(15-12(13)16-11)14-8-17(9)6-4-2;1-3-5-7-18-11-9-10(15-12(13)16-11)17(6-4-2)8-14-9/h6*2,8H,3,5-7H2,1H3. The number of thioether (sulfide) groups is 6. The summed E-state index contributed by atoms with van der Waals surface area (Å²) in [5.74, 6) is 21.1. The Kier molecular flexibility index (Phi) is 37.9. The third-order valence-electron chi connectivity index (χ3n) is 14.4. The van der Waals surface area contributed by atoms with Gasteiger partial charge in [0, 0.05) is 11.5 Å². The molecule has 0 fully saturated rings. The van der Waals surface area contributed by atoms with E-state index in [-0.39, 0.29) is 10.6 Å². The highest BCUT2D eigenvalue weighted by molar-refractivity contribution is 8.00. The molecule has 0 aliphatic carbocycles. The van der Waals surface area contributed by atoms with Gasteiger partial charge < -0.3 is 27.4 Å². The minimum atomic E-state index is -0.743. The third kappa shape index (κ3) is 25.4. The van der Waals surface area contributed by atoms with Crippen LogP contribution in [0.15, 0.2) is 68.4 Å². The Labute approximate surface area is 672 Å². The van der Waals surface area contributed by atoms with Crippen LogP contribution in [0.25, 0.3) is 67.0 Å². The van der Waals surface area contributed by atoms with Crippen LogP contribution < -0.4 is 0 Å². The maximum Gasteiger partial charge on any atom is 0.311 e. The van der Waals surface area contributed by atoms with Gasteiger partial charge in [-0.2, -0.15) is 38.7 Å². The highest BCUT2D eigenvalue weighted by Gasteiger charge is 2.19. The Morgan fingerprint density at radius 3 is 1.09 bits per heavy atom. The highest BCUT2D eigenvalue weighted by Crippen LogP contribution is 2.32. The van der Waals surface area contributed by atoms with Crippen molar-refractivity contribution in [1.82, 2.24) is 117 Å². The Morgan fingerprint density at radius 2 is 0.630 bits per heavy atom. The summed E-state index contributed by atoms with van der Waals surface area (Å²) in [6.07, 6.45) is 53.5. The first-order valence-electron chi connectivity index (χ1n) is 34.2. The topological polar surface area (TPSA) is 262 Å². The molecule has 12 heterocycles. The molecular weight excluding hydrogens is 1570 g/mol. The molecule has 108 heavy (non-hydrogen) atoms. The molecule has 12 aromatic heterocycles. The summed E-state index contributed by atoms with van der Waals surface area (Å²) in [7, 11) is 0.